The number of carboxylic acids is 1. The van der Waals surface area contributed by atoms with E-state index in [9.17, 15) is 4.79 Å². The molecule has 2 aromatic rings. The molecule has 0 saturated carbocycles. The van der Waals surface area contributed by atoms with Crippen molar-refractivity contribution in [3.05, 3.63) is 22.8 Å². The number of hydrogen-bond acceptors (Lipinski definition) is 5. The smallest absolute Gasteiger partial charge is 0.313 e. The fourth-order valence-electron chi connectivity index (χ4n) is 1.99. The molecule has 2 heterocycles. The van der Waals surface area contributed by atoms with Crippen LogP contribution in [0.4, 0.5) is 0 Å². The van der Waals surface area contributed by atoms with Gasteiger partial charge in [-0.1, -0.05) is 11.8 Å². The van der Waals surface area contributed by atoms with E-state index in [1.165, 1.54) is 17.3 Å². The summed E-state index contributed by atoms with van der Waals surface area (Å²) in [5.74, 6) is -0.0200. The van der Waals surface area contributed by atoms with Crippen LogP contribution >= 0.6 is 11.8 Å². The zero-order valence-electron chi connectivity index (χ0n) is 11.7. The van der Waals surface area contributed by atoms with Gasteiger partial charge in [0, 0.05) is 19.2 Å². The molecule has 0 aliphatic rings. The first-order chi connectivity index (χ1) is 9.49. The molecule has 0 aliphatic carbocycles. The lowest BCUT2D eigenvalue weighted by Crippen LogP contribution is -2.04. The van der Waals surface area contributed by atoms with Crippen molar-refractivity contribution in [1.29, 1.82) is 0 Å². The molecule has 0 spiro atoms. The Hall–Kier alpha value is -1.83. The highest BCUT2D eigenvalue weighted by Crippen LogP contribution is 2.17. The molecule has 2 rings (SSSR count). The van der Waals surface area contributed by atoms with Gasteiger partial charge in [-0.3, -0.25) is 9.89 Å². The Morgan fingerprint density at radius 3 is 2.70 bits per heavy atom. The molecule has 0 atom stereocenters. The van der Waals surface area contributed by atoms with E-state index in [0.29, 0.717) is 5.16 Å². The largest absolute Gasteiger partial charge is 0.481 e. The lowest BCUT2D eigenvalue weighted by Gasteiger charge is -2.03. The van der Waals surface area contributed by atoms with Crippen molar-refractivity contribution in [2.75, 3.05) is 5.75 Å². The summed E-state index contributed by atoms with van der Waals surface area (Å²) in [6, 6.07) is 0. The van der Waals surface area contributed by atoms with Crippen LogP contribution in [0.3, 0.4) is 0 Å². The average Bonchev–Trinajstić information content (AvgIpc) is 2.90. The van der Waals surface area contributed by atoms with Crippen molar-refractivity contribution in [2.24, 2.45) is 7.05 Å². The number of aliphatic carboxylic acids is 1. The molecule has 0 unspecified atom stereocenters. The van der Waals surface area contributed by atoms with Crippen LogP contribution in [0.1, 0.15) is 22.8 Å². The maximum Gasteiger partial charge on any atom is 0.313 e. The molecule has 0 aromatic carbocycles. The maximum atomic E-state index is 10.6. The molecule has 0 radical (unpaired) electrons. The van der Waals surface area contributed by atoms with Gasteiger partial charge < -0.3 is 9.67 Å². The Balaban J connectivity index is 2.02. The van der Waals surface area contributed by atoms with Crippen LogP contribution in [0.25, 0.3) is 0 Å². The summed E-state index contributed by atoms with van der Waals surface area (Å²) in [5, 5.41) is 24.6. The molecular weight excluding hydrogens is 278 g/mol. The fraction of sp³-hybridized carbons (Fsp3) is 0.500. The predicted octanol–water partition coefficient (Wildman–Crippen LogP) is 1.12. The second-order valence-electron chi connectivity index (χ2n) is 4.55. The Morgan fingerprint density at radius 2 is 2.10 bits per heavy atom. The molecule has 8 heteroatoms. The number of aromatic amines is 1. The first-order valence-electron chi connectivity index (χ1n) is 6.22. The average molecular weight is 295 g/mol. The number of carbonyl (C=O) groups is 1. The van der Waals surface area contributed by atoms with Crippen LogP contribution in [-0.4, -0.2) is 41.8 Å². The number of hydrogen-bond donors (Lipinski definition) is 2. The van der Waals surface area contributed by atoms with Gasteiger partial charge >= 0.3 is 5.97 Å². The Labute approximate surface area is 120 Å². The topological polar surface area (TPSA) is 96.7 Å². The van der Waals surface area contributed by atoms with Gasteiger partial charge in [-0.25, -0.2) is 0 Å². The van der Waals surface area contributed by atoms with E-state index in [2.05, 4.69) is 20.4 Å². The number of nitrogens with zero attached hydrogens (tertiary/aromatic N) is 4. The third-order valence-electron chi connectivity index (χ3n) is 3.13. The predicted molar refractivity (Wildman–Crippen MR) is 74.8 cm³/mol. The third-order valence-corrected chi connectivity index (χ3v) is 4.13. The van der Waals surface area contributed by atoms with Crippen molar-refractivity contribution in [1.82, 2.24) is 25.0 Å². The first-order valence-corrected chi connectivity index (χ1v) is 7.21. The molecule has 0 saturated heterocycles. The van der Waals surface area contributed by atoms with E-state index < -0.39 is 5.97 Å². The minimum Gasteiger partial charge on any atom is -0.481 e. The Bertz CT molecular complexity index is 600. The van der Waals surface area contributed by atoms with E-state index in [1.807, 2.05) is 25.5 Å². The third kappa shape index (κ3) is 3.19. The number of aryl methyl sites for hydroxylation is 3. The lowest BCUT2D eigenvalue weighted by atomic mass is 10.1. The van der Waals surface area contributed by atoms with Gasteiger partial charge in [-0.2, -0.15) is 5.10 Å². The van der Waals surface area contributed by atoms with Crippen LogP contribution in [0.15, 0.2) is 5.16 Å². The fourth-order valence-corrected chi connectivity index (χ4v) is 2.64. The summed E-state index contributed by atoms with van der Waals surface area (Å²) in [4.78, 5) is 10.6. The highest BCUT2D eigenvalue weighted by molar-refractivity contribution is 7.99. The highest BCUT2D eigenvalue weighted by atomic mass is 32.2. The number of aromatic nitrogens is 5. The lowest BCUT2D eigenvalue weighted by molar-refractivity contribution is -0.133. The molecule has 2 N–H and O–H groups in total. The number of carboxylic acid groups (broad SMARTS) is 1. The van der Waals surface area contributed by atoms with Gasteiger partial charge in [0.1, 0.15) is 5.82 Å². The van der Waals surface area contributed by atoms with Crippen molar-refractivity contribution in [2.45, 2.75) is 31.8 Å². The van der Waals surface area contributed by atoms with Crippen LogP contribution < -0.4 is 0 Å². The van der Waals surface area contributed by atoms with Gasteiger partial charge in [0.15, 0.2) is 5.16 Å². The SMILES string of the molecule is Cc1n[nH]c(C)c1CCc1nnc(SCC(=O)O)n1C. The number of nitrogens with one attached hydrogen (secondary N) is 1. The van der Waals surface area contributed by atoms with Gasteiger partial charge in [-0.05, 0) is 25.8 Å². The van der Waals surface area contributed by atoms with E-state index in [4.69, 9.17) is 5.11 Å². The zero-order valence-corrected chi connectivity index (χ0v) is 12.5. The summed E-state index contributed by atoms with van der Waals surface area (Å²) in [6.07, 6.45) is 1.59. The number of H-pyrrole nitrogens is 1. The molecule has 0 fully saturated rings. The molecule has 2 aromatic heterocycles. The quantitative estimate of drug-likeness (QED) is 0.775. The first kappa shape index (κ1) is 14.6. The van der Waals surface area contributed by atoms with Crippen molar-refractivity contribution in [3.8, 4) is 0 Å². The van der Waals surface area contributed by atoms with Crippen LogP contribution in [0.2, 0.25) is 0 Å². The van der Waals surface area contributed by atoms with E-state index >= 15 is 0 Å². The van der Waals surface area contributed by atoms with Crippen molar-refractivity contribution >= 4 is 17.7 Å². The van der Waals surface area contributed by atoms with Gasteiger partial charge in [-0.15, -0.1) is 10.2 Å². The zero-order chi connectivity index (χ0) is 14.7. The molecule has 0 amide bonds. The molecule has 7 nitrogen and oxygen atoms in total. The molecule has 0 bridgehead atoms. The summed E-state index contributed by atoms with van der Waals surface area (Å²) in [5.41, 5.74) is 3.28. The van der Waals surface area contributed by atoms with Gasteiger partial charge in [0.05, 0.1) is 11.4 Å². The van der Waals surface area contributed by atoms with E-state index in [-0.39, 0.29) is 5.75 Å². The maximum absolute atomic E-state index is 10.6. The minimum atomic E-state index is -0.857. The van der Waals surface area contributed by atoms with Crippen LogP contribution in [0.5, 0.6) is 0 Å². The Morgan fingerprint density at radius 1 is 1.35 bits per heavy atom. The monoisotopic (exact) mass is 295 g/mol. The van der Waals surface area contributed by atoms with Crippen LogP contribution in [0, 0.1) is 13.8 Å². The van der Waals surface area contributed by atoms with Gasteiger partial charge in [0.25, 0.3) is 0 Å². The number of rotatable bonds is 6. The van der Waals surface area contributed by atoms with E-state index in [1.54, 1.807) is 0 Å². The standard InChI is InChI=1S/C12H17N5O2S/c1-7-9(8(2)14-13-7)4-5-10-15-16-12(17(10)3)20-6-11(18)19/h4-6H2,1-3H3,(H,13,14)(H,18,19). The summed E-state index contributed by atoms with van der Waals surface area (Å²) in [7, 11) is 1.86. The Kier molecular flexibility index (Phi) is 4.43. The minimum absolute atomic E-state index is 0.00802. The molecule has 108 valence electrons. The molecule has 20 heavy (non-hydrogen) atoms. The molecule has 0 aliphatic heterocycles. The number of thioether (sulfide) groups is 1. The molecular formula is C12H17N5O2S. The highest BCUT2D eigenvalue weighted by Gasteiger charge is 2.13. The van der Waals surface area contributed by atoms with E-state index in [0.717, 1.165) is 30.1 Å². The summed E-state index contributed by atoms with van der Waals surface area (Å²) < 4.78 is 1.85. The summed E-state index contributed by atoms with van der Waals surface area (Å²) in [6.45, 7) is 3.98. The van der Waals surface area contributed by atoms with Gasteiger partial charge in [0.2, 0.25) is 0 Å². The normalized spacial score (nSPS) is 10.9. The second-order valence-corrected chi connectivity index (χ2v) is 5.50. The van der Waals surface area contributed by atoms with Crippen LogP contribution in [-0.2, 0) is 24.7 Å². The van der Waals surface area contributed by atoms with Crippen molar-refractivity contribution < 1.29 is 9.90 Å². The van der Waals surface area contributed by atoms with Crippen molar-refractivity contribution in [3.63, 3.8) is 0 Å². The summed E-state index contributed by atoms with van der Waals surface area (Å²) >= 11 is 1.18. The second kappa shape index (κ2) is 6.08.